The highest BCUT2D eigenvalue weighted by atomic mass is 31.2. The Kier molecular flexibility index (Phi) is 3.53. The molecule has 0 saturated carbocycles. The van der Waals surface area contributed by atoms with Crippen molar-refractivity contribution in [1.29, 1.82) is 0 Å². The topological polar surface area (TPSA) is 101 Å². The number of hydrogen-bond donors (Lipinski definition) is 3. The Hall–Kier alpha value is -1.16. The Labute approximate surface area is 93.4 Å². The second kappa shape index (κ2) is 4.37. The van der Waals surface area contributed by atoms with Crippen molar-refractivity contribution in [2.45, 2.75) is 18.6 Å². The summed E-state index contributed by atoms with van der Waals surface area (Å²) in [5.74, 6) is -1.20. The normalized spacial score (nSPS) is 18.4. The summed E-state index contributed by atoms with van der Waals surface area (Å²) in [6, 6.07) is 7.85. The molecule has 2 atom stereocenters. The van der Waals surface area contributed by atoms with E-state index in [9.17, 15) is 14.3 Å². The second-order valence-corrected chi connectivity index (χ2v) is 6.53. The van der Waals surface area contributed by atoms with Crippen LogP contribution in [-0.4, -0.2) is 21.2 Å². The van der Waals surface area contributed by atoms with Gasteiger partial charge in [-0.3, -0.25) is 9.36 Å². The van der Waals surface area contributed by atoms with Crippen LogP contribution in [0.4, 0.5) is 0 Å². The van der Waals surface area contributed by atoms with E-state index in [0.717, 1.165) is 0 Å². The van der Waals surface area contributed by atoms with Crippen molar-refractivity contribution in [3.63, 3.8) is 0 Å². The first-order valence-electron chi connectivity index (χ1n) is 4.66. The average Bonchev–Trinajstić information content (AvgIpc) is 2.17. The molecule has 0 spiro atoms. The summed E-state index contributed by atoms with van der Waals surface area (Å²) in [4.78, 5) is 20.5. The molecule has 0 aliphatic rings. The maximum atomic E-state index is 12.1. The van der Waals surface area contributed by atoms with Crippen LogP contribution in [0.5, 0.6) is 0 Å². The number of rotatable bonds is 4. The summed E-state index contributed by atoms with van der Waals surface area (Å²) in [7, 11) is -3.90. The highest BCUT2D eigenvalue weighted by Crippen LogP contribution is 2.51. The second-order valence-electron chi connectivity index (χ2n) is 3.84. The van der Waals surface area contributed by atoms with E-state index in [0.29, 0.717) is 0 Å². The molecule has 1 rings (SSSR count). The lowest BCUT2D eigenvalue weighted by molar-refractivity contribution is -0.137. The number of carbonyl (C=O) groups is 1. The summed E-state index contributed by atoms with van der Waals surface area (Å²) in [5, 5.41) is 7.15. The van der Waals surface area contributed by atoms with Crippen LogP contribution in [0.15, 0.2) is 30.3 Å². The number of carboxylic acid groups (broad SMARTS) is 1. The molecule has 0 radical (unpaired) electrons. The fourth-order valence-electron chi connectivity index (χ4n) is 1.34. The lowest BCUT2D eigenvalue weighted by atomic mass is 10.2. The molecule has 1 aromatic rings. The van der Waals surface area contributed by atoms with Gasteiger partial charge in [-0.2, -0.15) is 0 Å². The van der Waals surface area contributed by atoms with Gasteiger partial charge in [0.1, 0.15) is 5.28 Å². The average molecular weight is 243 g/mol. The summed E-state index contributed by atoms with van der Waals surface area (Å²) in [5.41, 5.74) is 5.63. The fraction of sp³-hybridized carbons (Fsp3) is 0.300. The molecule has 0 heterocycles. The van der Waals surface area contributed by atoms with Crippen LogP contribution in [0.25, 0.3) is 0 Å². The number of carboxylic acids is 1. The number of aliphatic carboxylic acids is 1. The minimum Gasteiger partial charge on any atom is -0.481 e. The summed E-state index contributed by atoms with van der Waals surface area (Å²) in [6.45, 7) is 1.27. The minimum atomic E-state index is -3.90. The first-order valence-corrected chi connectivity index (χ1v) is 6.32. The van der Waals surface area contributed by atoms with Crippen molar-refractivity contribution in [3.8, 4) is 0 Å². The Morgan fingerprint density at radius 3 is 2.38 bits per heavy atom. The zero-order valence-corrected chi connectivity index (χ0v) is 9.72. The standard InChI is InChI=1S/C10H14NO4P/c1-10(11,7-9(12)13)16(14,15)8-5-3-2-4-6-8/h2-6H,7,11H2,1H3,(H,12,13)(H,14,15). The highest BCUT2D eigenvalue weighted by molar-refractivity contribution is 7.67. The predicted octanol–water partition coefficient (Wildman–Crippen LogP) is 0.732. The van der Waals surface area contributed by atoms with Crippen LogP contribution in [0.2, 0.25) is 0 Å². The maximum absolute atomic E-state index is 12.1. The van der Waals surface area contributed by atoms with Gasteiger partial charge in [0.15, 0.2) is 0 Å². The Morgan fingerprint density at radius 1 is 1.44 bits per heavy atom. The first-order chi connectivity index (χ1) is 7.27. The molecule has 88 valence electrons. The van der Waals surface area contributed by atoms with E-state index >= 15 is 0 Å². The number of hydrogen-bond acceptors (Lipinski definition) is 3. The fourth-order valence-corrected chi connectivity index (χ4v) is 2.85. The molecule has 6 heteroatoms. The zero-order chi connectivity index (χ0) is 12.4. The van der Waals surface area contributed by atoms with Gasteiger partial charge in [-0.25, -0.2) is 0 Å². The molecule has 0 fully saturated rings. The van der Waals surface area contributed by atoms with Crippen molar-refractivity contribution >= 4 is 18.6 Å². The van der Waals surface area contributed by atoms with Gasteiger partial charge in [0, 0.05) is 5.30 Å². The van der Waals surface area contributed by atoms with Crippen LogP contribution in [-0.2, 0) is 9.36 Å². The lowest BCUT2D eigenvalue weighted by Gasteiger charge is -2.28. The summed E-state index contributed by atoms with van der Waals surface area (Å²) < 4.78 is 12.1. The molecule has 5 nitrogen and oxygen atoms in total. The van der Waals surface area contributed by atoms with Crippen molar-refractivity contribution in [2.24, 2.45) is 5.73 Å². The third kappa shape index (κ3) is 2.50. The van der Waals surface area contributed by atoms with Crippen molar-refractivity contribution in [1.82, 2.24) is 0 Å². The molecular weight excluding hydrogens is 229 g/mol. The van der Waals surface area contributed by atoms with Crippen LogP contribution >= 0.6 is 7.37 Å². The van der Waals surface area contributed by atoms with Gasteiger partial charge in [0.05, 0.1) is 6.42 Å². The summed E-state index contributed by atoms with van der Waals surface area (Å²) >= 11 is 0. The third-order valence-corrected chi connectivity index (χ3v) is 4.85. The molecule has 0 aliphatic carbocycles. The van der Waals surface area contributed by atoms with Gasteiger partial charge in [0.25, 0.3) is 0 Å². The quantitative estimate of drug-likeness (QED) is 0.677. The highest BCUT2D eigenvalue weighted by Gasteiger charge is 2.42. The Balaban J connectivity index is 3.11. The lowest BCUT2D eigenvalue weighted by Crippen LogP contribution is -2.41. The van der Waals surface area contributed by atoms with Crippen molar-refractivity contribution in [3.05, 3.63) is 30.3 Å². The van der Waals surface area contributed by atoms with E-state index in [1.165, 1.54) is 19.1 Å². The van der Waals surface area contributed by atoms with Crippen molar-refractivity contribution < 1.29 is 19.4 Å². The van der Waals surface area contributed by atoms with E-state index in [-0.39, 0.29) is 5.30 Å². The van der Waals surface area contributed by atoms with Gasteiger partial charge in [-0.1, -0.05) is 18.2 Å². The third-order valence-electron chi connectivity index (χ3n) is 2.31. The van der Waals surface area contributed by atoms with E-state index in [1.54, 1.807) is 18.2 Å². The smallest absolute Gasteiger partial charge is 0.305 e. The van der Waals surface area contributed by atoms with Gasteiger partial charge in [0.2, 0.25) is 7.37 Å². The van der Waals surface area contributed by atoms with Crippen LogP contribution < -0.4 is 11.0 Å². The summed E-state index contributed by atoms with van der Waals surface area (Å²) in [6.07, 6.45) is -0.560. The van der Waals surface area contributed by atoms with Gasteiger partial charge in [-0.05, 0) is 19.1 Å². The van der Waals surface area contributed by atoms with Crippen LogP contribution in [0.1, 0.15) is 13.3 Å². The predicted molar refractivity (Wildman–Crippen MR) is 60.7 cm³/mol. The van der Waals surface area contributed by atoms with E-state index in [1.807, 2.05) is 0 Å². The molecule has 2 unspecified atom stereocenters. The molecule has 0 saturated heterocycles. The van der Waals surface area contributed by atoms with E-state index in [2.05, 4.69) is 0 Å². The Morgan fingerprint density at radius 2 is 1.94 bits per heavy atom. The number of nitrogens with two attached hydrogens (primary N) is 1. The van der Waals surface area contributed by atoms with Gasteiger partial charge in [-0.15, -0.1) is 0 Å². The molecular formula is C10H14NO4P. The van der Waals surface area contributed by atoms with Crippen LogP contribution in [0, 0.1) is 0 Å². The van der Waals surface area contributed by atoms with Crippen molar-refractivity contribution in [2.75, 3.05) is 0 Å². The zero-order valence-electron chi connectivity index (χ0n) is 8.83. The number of benzene rings is 1. The molecule has 0 aromatic heterocycles. The molecule has 1 aromatic carbocycles. The molecule has 4 N–H and O–H groups in total. The SMILES string of the molecule is CC(N)(CC(=O)O)P(=O)(O)c1ccccc1. The molecule has 0 bridgehead atoms. The van der Waals surface area contributed by atoms with E-state index in [4.69, 9.17) is 10.8 Å². The molecule has 0 amide bonds. The first kappa shape index (κ1) is 12.9. The molecule has 16 heavy (non-hydrogen) atoms. The van der Waals surface area contributed by atoms with E-state index < -0.39 is 25.0 Å². The van der Waals surface area contributed by atoms with Gasteiger partial charge >= 0.3 is 5.97 Å². The minimum absolute atomic E-state index is 0.168. The molecule has 0 aliphatic heterocycles. The van der Waals surface area contributed by atoms with Gasteiger partial charge < -0.3 is 15.7 Å². The largest absolute Gasteiger partial charge is 0.481 e. The monoisotopic (exact) mass is 243 g/mol. The van der Waals surface area contributed by atoms with Crippen LogP contribution in [0.3, 0.4) is 0 Å². The Bertz CT molecular complexity index is 430. The maximum Gasteiger partial charge on any atom is 0.305 e.